The largest absolute Gasteiger partial charge is 0.149 e. The fourth-order valence-corrected chi connectivity index (χ4v) is 3.31. The van der Waals surface area contributed by atoms with Gasteiger partial charge in [0, 0.05) is 4.88 Å². The van der Waals surface area contributed by atoms with Gasteiger partial charge in [0.05, 0.1) is 0 Å². The highest BCUT2D eigenvalue weighted by atomic mass is 32.1. The Balaban J connectivity index is 2.53. The van der Waals surface area contributed by atoms with E-state index in [0.29, 0.717) is 5.41 Å². The van der Waals surface area contributed by atoms with Crippen molar-refractivity contribution in [2.75, 3.05) is 0 Å². The van der Waals surface area contributed by atoms with Crippen LogP contribution in [0.5, 0.6) is 0 Å². The summed E-state index contributed by atoms with van der Waals surface area (Å²) < 4.78 is 0. The molecular weight excluding hydrogens is 164 g/mol. The molecule has 12 heavy (non-hydrogen) atoms. The van der Waals surface area contributed by atoms with Gasteiger partial charge in [-0.1, -0.05) is 13.8 Å². The van der Waals surface area contributed by atoms with Crippen LogP contribution in [0.4, 0.5) is 0 Å². The van der Waals surface area contributed by atoms with E-state index in [9.17, 15) is 0 Å². The number of hydrogen-bond acceptors (Lipinski definition) is 1. The molecule has 1 aliphatic rings. The molecule has 1 aromatic rings. The predicted molar refractivity (Wildman–Crippen MR) is 55.0 cm³/mol. The van der Waals surface area contributed by atoms with Crippen molar-refractivity contribution in [2.45, 2.75) is 45.4 Å². The molecule has 0 N–H and O–H groups in total. The summed E-state index contributed by atoms with van der Waals surface area (Å²) in [6.45, 7) is 7.00. The van der Waals surface area contributed by atoms with Gasteiger partial charge in [0.25, 0.3) is 0 Å². The maximum atomic E-state index is 2.37. The Hall–Kier alpha value is -0.300. The molecule has 0 unspecified atom stereocenters. The van der Waals surface area contributed by atoms with Gasteiger partial charge in [-0.25, -0.2) is 0 Å². The van der Waals surface area contributed by atoms with Crippen LogP contribution in [0.3, 0.4) is 0 Å². The molecule has 0 atom stereocenters. The van der Waals surface area contributed by atoms with Gasteiger partial charge < -0.3 is 0 Å². The van der Waals surface area contributed by atoms with Crippen LogP contribution in [0.25, 0.3) is 0 Å². The van der Waals surface area contributed by atoms with Gasteiger partial charge in [-0.3, -0.25) is 0 Å². The van der Waals surface area contributed by atoms with Crippen LogP contribution in [0.15, 0.2) is 5.38 Å². The molecule has 0 radical (unpaired) electrons. The van der Waals surface area contributed by atoms with Crippen molar-refractivity contribution in [3.8, 4) is 0 Å². The lowest BCUT2D eigenvalue weighted by Crippen LogP contribution is -2.22. The van der Waals surface area contributed by atoms with E-state index >= 15 is 0 Å². The Morgan fingerprint density at radius 2 is 2.17 bits per heavy atom. The van der Waals surface area contributed by atoms with Gasteiger partial charge >= 0.3 is 0 Å². The summed E-state index contributed by atoms with van der Waals surface area (Å²) in [7, 11) is 0. The highest BCUT2D eigenvalue weighted by molar-refractivity contribution is 7.10. The standard InChI is InChI=1S/C11H16S/c1-8-9-5-4-6-11(2,3)10(9)7-12-8/h7H,4-6H2,1-3H3. The van der Waals surface area contributed by atoms with Crippen LogP contribution in [0, 0.1) is 6.92 Å². The molecule has 0 saturated heterocycles. The van der Waals surface area contributed by atoms with E-state index in [1.54, 1.807) is 11.1 Å². The van der Waals surface area contributed by atoms with Crippen molar-refractivity contribution < 1.29 is 0 Å². The summed E-state index contributed by atoms with van der Waals surface area (Å²) in [4.78, 5) is 1.54. The smallest absolute Gasteiger partial charge is 0.00492 e. The van der Waals surface area contributed by atoms with Crippen LogP contribution in [0.2, 0.25) is 0 Å². The third kappa shape index (κ3) is 1.11. The monoisotopic (exact) mass is 180 g/mol. The topological polar surface area (TPSA) is 0 Å². The summed E-state index contributed by atoms with van der Waals surface area (Å²) in [5.74, 6) is 0. The Morgan fingerprint density at radius 1 is 1.42 bits per heavy atom. The lowest BCUT2D eigenvalue weighted by Gasteiger charge is -2.30. The van der Waals surface area contributed by atoms with Crippen LogP contribution in [-0.2, 0) is 11.8 Å². The quantitative estimate of drug-likeness (QED) is 0.571. The molecule has 1 aliphatic carbocycles. The Morgan fingerprint density at radius 3 is 2.83 bits per heavy atom. The average Bonchev–Trinajstić information content (AvgIpc) is 2.33. The predicted octanol–water partition coefficient (Wildman–Crippen LogP) is 3.67. The second kappa shape index (κ2) is 2.59. The molecule has 0 bridgehead atoms. The van der Waals surface area contributed by atoms with E-state index in [4.69, 9.17) is 0 Å². The second-order valence-corrected chi connectivity index (χ2v) is 5.51. The molecule has 0 nitrogen and oxygen atoms in total. The molecule has 0 spiro atoms. The van der Waals surface area contributed by atoms with Gasteiger partial charge in [0.15, 0.2) is 0 Å². The molecule has 0 amide bonds. The Bertz CT molecular complexity index is 294. The molecule has 0 aromatic carbocycles. The number of thiophene rings is 1. The van der Waals surface area contributed by atoms with Gasteiger partial charge in [0.2, 0.25) is 0 Å². The average molecular weight is 180 g/mol. The van der Waals surface area contributed by atoms with E-state index in [0.717, 1.165) is 0 Å². The molecular formula is C11H16S. The molecule has 0 aliphatic heterocycles. The molecule has 0 fully saturated rings. The fourth-order valence-electron chi connectivity index (χ4n) is 2.20. The summed E-state index contributed by atoms with van der Waals surface area (Å²) >= 11 is 1.92. The summed E-state index contributed by atoms with van der Waals surface area (Å²) in [6.07, 6.45) is 4.04. The SMILES string of the molecule is Cc1scc2c1CCCC2(C)C. The molecule has 1 aromatic heterocycles. The van der Waals surface area contributed by atoms with Crippen molar-refractivity contribution in [1.29, 1.82) is 0 Å². The number of hydrogen-bond donors (Lipinski definition) is 0. The molecule has 1 heterocycles. The molecule has 0 saturated carbocycles. The number of fused-ring (bicyclic) bond motifs is 1. The minimum Gasteiger partial charge on any atom is -0.149 e. The number of aryl methyl sites for hydroxylation is 1. The highest BCUT2D eigenvalue weighted by Gasteiger charge is 2.28. The first-order chi connectivity index (χ1) is 5.61. The lowest BCUT2D eigenvalue weighted by molar-refractivity contribution is 0.433. The Kier molecular flexibility index (Phi) is 1.80. The normalized spacial score (nSPS) is 20.6. The summed E-state index contributed by atoms with van der Waals surface area (Å²) in [5, 5.41) is 2.36. The van der Waals surface area contributed by atoms with Gasteiger partial charge in [-0.05, 0) is 48.1 Å². The third-order valence-electron chi connectivity index (χ3n) is 3.06. The second-order valence-electron chi connectivity index (χ2n) is 4.42. The first-order valence-electron chi connectivity index (χ1n) is 4.69. The first kappa shape index (κ1) is 8.31. The molecule has 2 rings (SSSR count). The van der Waals surface area contributed by atoms with Crippen molar-refractivity contribution in [2.24, 2.45) is 0 Å². The van der Waals surface area contributed by atoms with Crippen LogP contribution in [-0.4, -0.2) is 0 Å². The van der Waals surface area contributed by atoms with Crippen molar-refractivity contribution in [3.05, 3.63) is 21.4 Å². The number of rotatable bonds is 0. The van der Waals surface area contributed by atoms with Crippen LogP contribution >= 0.6 is 11.3 Å². The van der Waals surface area contributed by atoms with E-state index in [1.165, 1.54) is 24.1 Å². The zero-order valence-corrected chi connectivity index (χ0v) is 8.92. The Labute approximate surface area is 78.6 Å². The van der Waals surface area contributed by atoms with Gasteiger partial charge in [0.1, 0.15) is 0 Å². The maximum Gasteiger partial charge on any atom is 0.00492 e. The minimum atomic E-state index is 0.443. The lowest BCUT2D eigenvalue weighted by atomic mass is 9.74. The van der Waals surface area contributed by atoms with Crippen LogP contribution < -0.4 is 0 Å². The van der Waals surface area contributed by atoms with E-state index in [2.05, 4.69) is 26.2 Å². The van der Waals surface area contributed by atoms with E-state index < -0.39 is 0 Å². The zero-order valence-electron chi connectivity index (χ0n) is 8.11. The molecule has 1 heteroatoms. The summed E-state index contributed by atoms with van der Waals surface area (Å²) in [5.41, 5.74) is 3.71. The first-order valence-corrected chi connectivity index (χ1v) is 5.57. The summed E-state index contributed by atoms with van der Waals surface area (Å²) in [6, 6.07) is 0. The fraction of sp³-hybridized carbons (Fsp3) is 0.636. The minimum absolute atomic E-state index is 0.443. The van der Waals surface area contributed by atoms with Crippen molar-refractivity contribution in [3.63, 3.8) is 0 Å². The maximum absolute atomic E-state index is 2.37. The zero-order chi connectivity index (χ0) is 8.77. The van der Waals surface area contributed by atoms with Crippen molar-refractivity contribution in [1.82, 2.24) is 0 Å². The van der Waals surface area contributed by atoms with Gasteiger partial charge in [-0.15, -0.1) is 11.3 Å². The molecule has 66 valence electrons. The van der Waals surface area contributed by atoms with Crippen molar-refractivity contribution >= 4 is 11.3 Å². The third-order valence-corrected chi connectivity index (χ3v) is 4.01. The van der Waals surface area contributed by atoms with E-state index in [1.807, 2.05) is 11.3 Å². The van der Waals surface area contributed by atoms with Gasteiger partial charge in [-0.2, -0.15) is 0 Å². The van der Waals surface area contributed by atoms with E-state index in [-0.39, 0.29) is 0 Å². The highest BCUT2D eigenvalue weighted by Crippen LogP contribution is 2.40. The van der Waals surface area contributed by atoms with Crippen LogP contribution in [0.1, 0.15) is 42.7 Å².